The third kappa shape index (κ3) is 6.98. The Balaban J connectivity index is 1.15. The van der Waals surface area contributed by atoms with Gasteiger partial charge in [-0.15, -0.1) is 5.10 Å². The Morgan fingerprint density at radius 3 is 2.47 bits per heavy atom. The van der Waals surface area contributed by atoms with E-state index in [1.165, 1.54) is 44.8 Å². The Kier molecular flexibility index (Phi) is 8.81. The molecule has 0 atom stereocenters. The van der Waals surface area contributed by atoms with Crippen LogP contribution >= 0.6 is 0 Å². The first kappa shape index (κ1) is 31.0. The van der Waals surface area contributed by atoms with Gasteiger partial charge in [0.05, 0.1) is 23.6 Å². The van der Waals surface area contributed by atoms with Gasteiger partial charge in [0, 0.05) is 35.6 Å². The molecule has 6 rings (SSSR count). The van der Waals surface area contributed by atoms with Crippen molar-refractivity contribution < 1.29 is 18.0 Å². The predicted octanol–water partition coefficient (Wildman–Crippen LogP) is 7.14. The molecule has 3 heterocycles. The maximum atomic E-state index is 13.9. The van der Waals surface area contributed by atoms with E-state index in [-0.39, 0.29) is 5.69 Å². The minimum absolute atomic E-state index is 0.139. The number of hydrogen-bond donors (Lipinski definition) is 1. The standard InChI is InChI=1S/C34H40F3N7O/c1-22-6-11-26(18-32(22)44-21-31(40-41-44)30-20-38-42(3)23(30)2)33(45)39-28-17-25(16-27(19-28)34(35,36)37)8-7-24-9-12-29(13-10-24)43-14-4-5-15-43/h6,11,16-21,24,29H,4-5,7-10,12-15H2,1-3H3,(H,39,45). The number of aromatic nitrogens is 5. The Hall–Kier alpha value is -3.99. The van der Waals surface area contributed by atoms with Crippen LogP contribution in [-0.4, -0.2) is 54.7 Å². The summed E-state index contributed by atoms with van der Waals surface area (Å²) >= 11 is 0. The molecular formula is C34H40F3N7O. The van der Waals surface area contributed by atoms with Gasteiger partial charge in [-0.25, -0.2) is 4.68 Å². The number of amides is 1. The van der Waals surface area contributed by atoms with E-state index in [2.05, 4.69) is 25.6 Å². The van der Waals surface area contributed by atoms with Crippen LogP contribution in [-0.2, 0) is 19.6 Å². The second kappa shape index (κ2) is 12.8. The molecule has 1 saturated heterocycles. The summed E-state index contributed by atoms with van der Waals surface area (Å²) in [5, 5.41) is 15.5. The maximum absolute atomic E-state index is 13.9. The van der Waals surface area contributed by atoms with E-state index in [4.69, 9.17) is 0 Å². The predicted molar refractivity (Wildman–Crippen MR) is 167 cm³/mol. The van der Waals surface area contributed by atoms with Gasteiger partial charge >= 0.3 is 6.18 Å². The van der Waals surface area contributed by atoms with Crippen LogP contribution in [0.3, 0.4) is 0 Å². The van der Waals surface area contributed by atoms with Gasteiger partial charge in [0.25, 0.3) is 5.91 Å². The van der Waals surface area contributed by atoms with Gasteiger partial charge in [-0.1, -0.05) is 11.3 Å². The van der Waals surface area contributed by atoms with Crippen LogP contribution in [0.15, 0.2) is 48.8 Å². The minimum atomic E-state index is -4.52. The van der Waals surface area contributed by atoms with Gasteiger partial charge < -0.3 is 10.2 Å². The fourth-order valence-electron chi connectivity index (χ4n) is 6.80. The number of hydrogen-bond acceptors (Lipinski definition) is 5. The highest BCUT2D eigenvalue weighted by atomic mass is 19.4. The number of rotatable bonds is 8. The Morgan fingerprint density at radius 2 is 1.78 bits per heavy atom. The first-order valence-electron chi connectivity index (χ1n) is 15.8. The van der Waals surface area contributed by atoms with Crippen molar-refractivity contribution >= 4 is 11.6 Å². The molecule has 4 aromatic rings. The molecule has 2 aromatic carbocycles. The topological polar surface area (TPSA) is 80.9 Å². The first-order chi connectivity index (χ1) is 21.5. The number of halogens is 3. The van der Waals surface area contributed by atoms with Crippen molar-refractivity contribution in [3.05, 3.63) is 76.7 Å². The summed E-state index contributed by atoms with van der Waals surface area (Å²) in [7, 11) is 1.85. The second-order valence-corrected chi connectivity index (χ2v) is 12.6. The molecule has 238 valence electrons. The lowest BCUT2D eigenvalue weighted by molar-refractivity contribution is -0.137. The second-order valence-electron chi connectivity index (χ2n) is 12.6. The van der Waals surface area contributed by atoms with Crippen LogP contribution < -0.4 is 5.32 Å². The molecule has 45 heavy (non-hydrogen) atoms. The molecular weight excluding hydrogens is 579 g/mol. The van der Waals surface area contributed by atoms with Crippen LogP contribution in [0.5, 0.6) is 0 Å². The number of aryl methyl sites for hydroxylation is 3. The molecule has 1 aliphatic heterocycles. The van der Waals surface area contributed by atoms with Crippen molar-refractivity contribution in [3.63, 3.8) is 0 Å². The average molecular weight is 620 g/mol. The number of nitrogens with one attached hydrogen (secondary N) is 1. The number of carbonyl (C=O) groups is 1. The molecule has 2 aliphatic rings. The number of anilines is 1. The zero-order valence-electron chi connectivity index (χ0n) is 26.1. The lowest BCUT2D eigenvalue weighted by atomic mass is 9.82. The van der Waals surface area contributed by atoms with Crippen LogP contribution in [0.2, 0.25) is 0 Å². The van der Waals surface area contributed by atoms with E-state index in [1.807, 2.05) is 20.9 Å². The van der Waals surface area contributed by atoms with Crippen molar-refractivity contribution in [3.8, 4) is 16.9 Å². The number of carbonyl (C=O) groups excluding carboxylic acids is 1. The molecule has 8 nitrogen and oxygen atoms in total. The summed E-state index contributed by atoms with van der Waals surface area (Å²) in [6.45, 7) is 6.24. The highest BCUT2D eigenvalue weighted by molar-refractivity contribution is 6.04. The molecule has 11 heteroatoms. The minimum Gasteiger partial charge on any atom is -0.322 e. The monoisotopic (exact) mass is 619 g/mol. The van der Waals surface area contributed by atoms with Gasteiger partial charge in [0.2, 0.25) is 0 Å². The summed E-state index contributed by atoms with van der Waals surface area (Å²) in [6.07, 6.45) is 7.53. The summed E-state index contributed by atoms with van der Waals surface area (Å²) in [6, 6.07) is 9.70. The van der Waals surface area contributed by atoms with Gasteiger partial charge in [-0.2, -0.15) is 18.3 Å². The van der Waals surface area contributed by atoms with E-state index in [9.17, 15) is 18.0 Å². The number of alkyl halides is 3. The third-order valence-corrected chi connectivity index (χ3v) is 9.62. The first-order valence-corrected chi connectivity index (χ1v) is 15.8. The number of benzene rings is 2. The summed E-state index contributed by atoms with van der Waals surface area (Å²) in [5.74, 6) is 0.0204. The number of nitrogens with zero attached hydrogens (tertiary/aromatic N) is 6. The average Bonchev–Trinajstić information content (AvgIpc) is 3.79. The van der Waals surface area contributed by atoms with Crippen molar-refractivity contribution in [1.82, 2.24) is 29.7 Å². The Morgan fingerprint density at radius 1 is 1.02 bits per heavy atom. The van der Waals surface area contributed by atoms with Gasteiger partial charge in [0.1, 0.15) is 5.69 Å². The summed E-state index contributed by atoms with van der Waals surface area (Å²) in [5.41, 5.74) is 4.23. The lowest BCUT2D eigenvalue weighted by Crippen LogP contribution is -2.35. The van der Waals surface area contributed by atoms with Crippen LogP contribution in [0, 0.1) is 19.8 Å². The lowest BCUT2D eigenvalue weighted by Gasteiger charge is -2.34. The largest absolute Gasteiger partial charge is 0.416 e. The molecule has 0 radical (unpaired) electrons. The Bertz CT molecular complexity index is 1660. The van der Waals surface area contributed by atoms with Crippen LogP contribution in [0.1, 0.15) is 77.7 Å². The molecule has 0 spiro atoms. The normalized spacial score (nSPS) is 19.2. The summed E-state index contributed by atoms with van der Waals surface area (Å²) in [4.78, 5) is 16.0. The fraction of sp³-hybridized carbons (Fsp3) is 0.471. The van der Waals surface area contributed by atoms with Crippen LogP contribution in [0.25, 0.3) is 16.9 Å². The third-order valence-electron chi connectivity index (χ3n) is 9.62. The Labute approximate surface area is 261 Å². The SMILES string of the molecule is Cc1ccc(C(=O)Nc2cc(CCC3CCC(N4CCCC4)CC3)cc(C(F)(F)F)c2)cc1-n1cc(-c2cnn(C)c2C)nn1. The van der Waals surface area contributed by atoms with E-state index >= 15 is 0 Å². The molecule has 0 unspecified atom stereocenters. The van der Waals surface area contributed by atoms with Gasteiger partial charge in [-0.05, 0) is 126 Å². The molecule has 1 aliphatic carbocycles. The van der Waals surface area contributed by atoms with E-state index in [0.717, 1.165) is 42.1 Å². The summed E-state index contributed by atoms with van der Waals surface area (Å²) < 4.78 is 45.0. The molecule has 1 saturated carbocycles. The smallest absolute Gasteiger partial charge is 0.322 e. The highest BCUT2D eigenvalue weighted by Gasteiger charge is 2.32. The zero-order chi connectivity index (χ0) is 31.7. The van der Waals surface area contributed by atoms with Gasteiger partial charge in [0.15, 0.2) is 0 Å². The fourth-order valence-corrected chi connectivity index (χ4v) is 6.80. The highest BCUT2D eigenvalue weighted by Crippen LogP contribution is 2.35. The molecule has 0 bridgehead atoms. The van der Waals surface area contributed by atoms with Gasteiger partial charge in [-0.3, -0.25) is 9.48 Å². The van der Waals surface area contributed by atoms with Crippen molar-refractivity contribution in [2.24, 2.45) is 13.0 Å². The van der Waals surface area contributed by atoms with E-state index in [1.54, 1.807) is 46.0 Å². The van der Waals surface area contributed by atoms with Crippen LogP contribution in [0.4, 0.5) is 18.9 Å². The zero-order valence-corrected chi connectivity index (χ0v) is 26.1. The maximum Gasteiger partial charge on any atom is 0.416 e. The van der Waals surface area contributed by atoms with Crippen molar-refractivity contribution in [1.29, 1.82) is 0 Å². The van der Waals surface area contributed by atoms with Crippen molar-refractivity contribution in [2.45, 2.75) is 77.4 Å². The van der Waals surface area contributed by atoms with E-state index < -0.39 is 17.6 Å². The molecule has 1 amide bonds. The molecule has 2 aromatic heterocycles. The molecule has 1 N–H and O–H groups in total. The van der Waals surface area contributed by atoms with E-state index in [0.29, 0.717) is 40.9 Å². The number of likely N-dealkylation sites (tertiary alicyclic amines) is 1. The molecule has 2 fully saturated rings. The quantitative estimate of drug-likeness (QED) is 0.227. The van der Waals surface area contributed by atoms with Crippen molar-refractivity contribution in [2.75, 3.05) is 18.4 Å².